The van der Waals surface area contributed by atoms with Crippen molar-refractivity contribution >= 4 is 28.5 Å². The van der Waals surface area contributed by atoms with Gasteiger partial charge in [-0.1, -0.05) is 0 Å². The summed E-state index contributed by atoms with van der Waals surface area (Å²) in [4.78, 5) is 38.8. The number of aromatic carboxylic acids is 1. The molecule has 2 aromatic rings. The van der Waals surface area contributed by atoms with Gasteiger partial charge in [0.2, 0.25) is 11.3 Å². The first-order valence-electron chi connectivity index (χ1n) is 10.2. The van der Waals surface area contributed by atoms with Gasteiger partial charge in [0.15, 0.2) is 11.6 Å². The molecule has 1 aromatic heterocycles. The van der Waals surface area contributed by atoms with Gasteiger partial charge in [0.1, 0.15) is 11.3 Å². The summed E-state index contributed by atoms with van der Waals surface area (Å²) in [6, 6.07) is 1.01. The number of carbonyl (C=O) groups excluding carboxylic acids is 1. The molecule has 158 valence electrons. The highest BCUT2D eigenvalue weighted by molar-refractivity contribution is 6.04. The van der Waals surface area contributed by atoms with Crippen molar-refractivity contribution in [3.05, 3.63) is 33.9 Å². The van der Waals surface area contributed by atoms with E-state index in [4.69, 9.17) is 4.74 Å². The average Bonchev–Trinajstić information content (AvgIpc) is 3.52. The molecule has 0 radical (unpaired) electrons. The van der Waals surface area contributed by atoms with Crippen LogP contribution in [0.5, 0.6) is 5.75 Å². The lowest BCUT2D eigenvalue weighted by Gasteiger charge is -2.23. The third-order valence-electron chi connectivity index (χ3n) is 6.39. The molecule has 0 bridgehead atoms. The molecule has 1 aromatic carbocycles. The minimum atomic E-state index is -1.36. The number of fused-ring (bicyclic) bond motifs is 2. The fourth-order valence-corrected chi connectivity index (χ4v) is 4.81. The van der Waals surface area contributed by atoms with Crippen molar-refractivity contribution < 1.29 is 23.8 Å². The Morgan fingerprint density at radius 2 is 2.07 bits per heavy atom. The van der Waals surface area contributed by atoms with Gasteiger partial charge in [-0.15, -0.1) is 0 Å². The molecule has 1 saturated carbocycles. The number of carboxylic acid groups (broad SMARTS) is 1. The van der Waals surface area contributed by atoms with E-state index in [1.54, 1.807) is 4.57 Å². The number of anilines is 1. The fraction of sp³-hybridized carbons (Fsp3) is 0.476. The topological polar surface area (TPSA) is 101 Å². The normalized spacial score (nSPS) is 23.7. The Morgan fingerprint density at radius 1 is 1.30 bits per heavy atom. The summed E-state index contributed by atoms with van der Waals surface area (Å²) in [5.74, 6) is -2.40. The molecule has 2 aliphatic heterocycles. The number of ether oxygens (including phenoxy) is 1. The van der Waals surface area contributed by atoms with E-state index in [0.29, 0.717) is 12.1 Å². The maximum atomic E-state index is 15.3. The zero-order chi connectivity index (χ0) is 21.2. The number of halogens is 1. The lowest BCUT2D eigenvalue weighted by atomic mass is 9.94. The Morgan fingerprint density at radius 3 is 2.70 bits per heavy atom. The number of carbonyl (C=O) groups is 2. The van der Waals surface area contributed by atoms with E-state index in [-0.39, 0.29) is 40.7 Å². The number of benzene rings is 1. The SMILES string of the molecule is COc1c(N2C[C@H]3NCCC[C@@H]3C2=O)c(F)cc2c(=O)c(C(=O)O)cn(C3CC3)c12. The van der Waals surface area contributed by atoms with Gasteiger partial charge in [0.05, 0.1) is 23.9 Å². The molecule has 30 heavy (non-hydrogen) atoms. The van der Waals surface area contributed by atoms with Gasteiger partial charge in [-0.2, -0.15) is 0 Å². The van der Waals surface area contributed by atoms with Crippen molar-refractivity contribution in [2.24, 2.45) is 5.92 Å². The first-order valence-corrected chi connectivity index (χ1v) is 10.2. The number of nitrogens with one attached hydrogen (secondary N) is 1. The molecular weight excluding hydrogens is 393 g/mol. The molecule has 9 heteroatoms. The first kappa shape index (κ1) is 19.0. The van der Waals surface area contributed by atoms with Crippen LogP contribution in [-0.4, -0.2) is 47.8 Å². The zero-order valence-corrected chi connectivity index (χ0v) is 16.5. The van der Waals surface area contributed by atoms with E-state index in [1.807, 2.05) is 0 Å². The summed E-state index contributed by atoms with van der Waals surface area (Å²) in [6.45, 7) is 1.14. The highest BCUT2D eigenvalue weighted by atomic mass is 19.1. The van der Waals surface area contributed by atoms with Gasteiger partial charge in [-0.3, -0.25) is 9.59 Å². The third kappa shape index (κ3) is 2.72. The largest absolute Gasteiger partial charge is 0.492 e. The maximum absolute atomic E-state index is 15.3. The quantitative estimate of drug-likeness (QED) is 0.791. The van der Waals surface area contributed by atoms with Crippen LogP contribution < -0.4 is 20.4 Å². The summed E-state index contributed by atoms with van der Waals surface area (Å²) in [5.41, 5.74) is -0.817. The van der Waals surface area contributed by atoms with Crippen LogP contribution in [0.3, 0.4) is 0 Å². The van der Waals surface area contributed by atoms with E-state index >= 15 is 4.39 Å². The van der Waals surface area contributed by atoms with Gasteiger partial charge < -0.3 is 24.6 Å². The molecule has 8 nitrogen and oxygen atoms in total. The Balaban J connectivity index is 1.76. The summed E-state index contributed by atoms with van der Waals surface area (Å²) in [5, 5.41) is 12.7. The van der Waals surface area contributed by atoms with Crippen LogP contribution in [0, 0.1) is 11.7 Å². The molecule has 2 saturated heterocycles. The maximum Gasteiger partial charge on any atom is 0.341 e. The van der Waals surface area contributed by atoms with Crippen LogP contribution in [0.1, 0.15) is 42.1 Å². The van der Waals surface area contributed by atoms with Crippen LogP contribution in [0.15, 0.2) is 17.1 Å². The first-order chi connectivity index (χ1) is 14.4. The minimum absolute atomic E-state index is 0.0111. The molecular formula is C21H22FN3O5. The Labute approximate surface area is 171 Å². The second-order valence-electron chi connectivity index (χ2n) is 8.21. The molecule has 3 heterocycles. The second-order valence-corrected chi connectivity index (χ2v) is 8.21. The van der Waals surface area contributed by atoms with Crippen molar-refractivity contribution in [2.75, 3.05) is 25.1 Å². The van der Waals surface area contributed by atoms with Crippen molar-refractivity contribution in [1.29, 1.82) is 0 Å². The third-order valence-corrected chi connectivity index (χ3v) is 6.39. The smallest absolute Gasteiger partial charge is 0.341 e. The van der Waals surface area contributed by atoms with Gasteiger partial charge >= 0.3 is 5.97 Å². The number of nitrogens with zero attached hydrogens (tertiary/aromatic N) is 2. The highest BCUT2D eigenvalue weighted by Crippen LogP contribution is 2.45. The number of pyridine rings is 1. The number of hydrogen-bond acceptors (Lipinski definition) is 5. The number of rotatable bonds is 4. The fourth-order valence-electron chi connectivity index (χ4n) is 4.81. The van der Waals surface area contributed by atoms with Crippen molar-refractivity contribution in [1.82, 2.24) is 9.88 Å². The van der Waals surface area contributed by atoms with E-state index < -0.39 is 22.8 Å². The molecule has 1 amide bonds. The van der Waals surface area contributed by atoms with E-state index in [1.165, 1.54) is 18.2 Å². The number of piperidine rings is 1. The number of hydrogen-bond donors (Lipinski definition) is 2. The minimum Gasteiger partial charge on any atom is -0.492 e. The van der Waals surface area contributed by atoms with E-state index in [9.17, 15) is 19.5 Å². The Bertz CT molecular complexity index is 1140. The van der Waals surface area contributed by atoms with Crippen LogP contribution >= 0.6 is 0 Å². The predicted molar refractivity (Wildman–Crippen MR) is 107 cm³/mol. The van der Waals surface area contributed by atoms with Crippen LogP contribution in [-0.2, 0) is 4.79 Å². The van der Waals surface area contributed by atoms with E-state index in [2.05, 4.69) is 5.32 Å². The predicted octanol–water partition coefficient (Wildman–Crippen LogP) is 1.90. The molecule has 5 rings (SSSR count). The lowest BCUT2D eigenvalue weighted by Crippen LogP contribution is -2.41. The number of amides is 1. The van der Waals surface area contributed by atoms with Gasteiger partial charge in [0.25, 0.3) is 0 Å². The lowest BCUT2D eigenvalue weighted by molar-refractivity contribution is -0.121. The van der Waals surface area contributed by atoms with Gasteiger partial charge in [-0.25, -0.2) is 9.18 Å². The summed E-state index contributed by atoms with van der Waals surface area (Å²) >= 11 is 0. The number of aromatic nitrogens is 1. The standard InChI is InChI=1S/C21H22FN3O5/c1-30-19-16-12(18(26)13(21(28)29)8-24(16)10-4-5-10)7-14(22)17(19)25-9-15-11(20(25)27)3-2-6-23-15/h7-8,10-11,15,23H,2-6,9H2,1H3,(H,28,29)/t11-,15+/m0/s1. The van der Waals surface area contributed by atoms with E-state index in [0.717, 1.165) is 38.3 Å². The van der Waals surface area contributed by atoms with Crippen molar-refractivity contribution in [2.45, 2.75) is 37.8 Å². The molecule has 3 aliphatic rings. The van der Waals surface area contributed by atoms with Crippen LogP contribution in [0.4, 0.5) is 10.1 Å². The second kappa shape index (κ2) is 6.80. The van der Waals surface area contributed by atoms with Crippen LogP contribution in [0.2, 0.25) is 0 Å². The summed E-state index contributed by atoms with van der Waals surface area (Å²) in [6.07, 6.45) is 4.59. The molecule has 0 spiro atoms. The van der Waals surface area contributed by atoms with Crippen LogP contribution in [0.25, 0.3) is 10.9 Å². The molecule has 2 atom stereocenters. The van der Waals surface area contributed by atoms with Crippen molar-refractivity contribution in [3.8, 4) is 5.75 Å². The zero-order valence-electron chi connectivity index (χ0n) is 16.5. The summed E-state index contributed by atoms with van der Waals surface area (Å²) < 4.78 is 22.6. The van der Waals surface area contributed by atoms with Gasteiger partial charge in [0, 0.05) is 24.8 Å². The molecule has 2 N–H and O–H groups in total. The summed E-state index contributed by atoms with van der Waals surface area (Å²) in [7, 11) is 1.37. The van der Waals surface area contributed by atoms with Crippen molar-refractivity contribution in [3.63, 3.8) is 0 Å². The molecule has 1 aliphatic carbocycles. The molecule has 3 fully saturated rings. The monoisotopic (exact) mass is 415 g/mol. The Kier molecular flexibility index (Phi) is 4.32. The van der Waals surface area contributed by atoms with Gasteiger partial charge in [-0.05, 0) is 38.3 Å². The highest BCUT2D eigenvalue weighted by Gasteiger charge is 2.44. The average molecular weight is 415 g/mol. The Hall–Kier alpha value is -2.94. The molecule has 0 unspecified atom stereocenters. The number of carboxylic acids is 1. The number of methoxy groups -OCH3 is 1.